The largest absolute Gasteiger partial charge is 0.441 e. The van der Waals surface area contributed by atoms with Crippen LogP contribution < -0.4 is 5.32 Å². The van der Waals surface area contributed by atoms with Gasteiger partial charge in [-0.05, 0) is 42.5 Å². The molecule has 28 heavy (non-hydrogen) atoms. The number of anilines is 1. The van der Waals surface area contributed by atoms with Crippen molar-refractivity contribution in [3.05, 3.63) is 70.2 Å². The number of amides is 1. The molecular weight excluding hydrogens is 416 g/mol. The zero-order valence-electron chi connectivity index (χ0n) is 14.2. The molecule has 3 aromatic rings. The molecule has 9 heteroatoms. The third-order valence-corrected chi connectivity index (χ3v) is 4.39. The van der Waals surface area contributed by atoms with Crippen LogP contribution in [0.15, 0.2) is 53.1 Å². The molecule has 1 aromatic heterocycles. The first kappa shape index (κ1) is 20.2. The predicted octanol–water partition coefficient (Wildman–Crippen LogP) is 6.24. The molecule has 0 radical (unpaired) electrons. The fourth-order valence-corrected chi connectivity index (χ4v) is 2.79. The monoisotopic (exact) mass is 428 g/mol. The van der Waals surface area contributed by atoms with Gasteiger partial charge in [0.15, 0.2) is 11.7 Å². The Morgan fingerprint density at radius 2 is 1.82 bits per heavy atom. The number of alkyl halides is 3. The second kappa shape index (κ2) is 8.24. The van der Waals surface area contributed by atoms with Gasteiger partial charge in [-0.15, -0.1) is 0 Å². The lowest BCUT2D eigenvalue weighted by Gasteiger charge is -2.11. The highest BCUT2D eigenvalue weighted by atomic mass is 35.5. The van der Waals surface area contributed by atoms with Crippen molar-refractivity contribution in [2.45, 2.75) is 19.0 Å². The molecule has 0 atom stereocenters. The predicted molar refractivity (Wildman–Crippen MR) is 100 cm³/mol. The lowest BCUT2D eigenvalue weighted by molar-refractivity contribution is -0.137. The molecule has 0 aliphatic heterocycles. The van der Waals surface area contributed by atoms with E-state index in [1.165, 1.54) is 12.3 Å². The van der Waals surface area contributed by atoms with E-state index in [1.54, 1.807) is 24.3 Å². The van der Waals surface area contributed by atoms with Crippen LogP contribution in [0.3, 0.4) is 0 Å². The number of hydrogen-bond donors (Lipinski definition) is 1. The van der Waals surface area contributed by atoms with Crippen LogP contribution in [-0.4, -0.2) is 10.9 Å². The number of oxazole rings is 1. The molecule has 2 aromatic carbocycles. The number of aryl methyl sites for hydroxylation is 1. The van der Waals surface area contributed by atoms with Crippen LogP contribution in [0.2, 0.25) is 10.0 Å². The lowest BCUT2D eigenvalue weighted by atomic mass is 10.2. The Balaban J connectivity index is 1.60. The Labute approximate surface area is 168 Å². The van der Waals surface area contributed by atoms with E-state index in [-0.39, 0.29) is 18.5 Å². The first-order chi connectivity index (χ1) is 13.2. The van der Waals surface area contributed by atoms with Gasteiger partial charge in [-0.3, -0.25) is 4.79 Å². The summed E-state index contributed by atoms with van der Waals surface area (Å²) in [7, 11) is 0. The molecule has 146 valence electrons. The number of nitrogens with one attached hydrogen (secondary N) is 1. The second-order valence-electron chi connectivity index (χ2n) is 5.87. The summed E-state index contributed by atoms with van der Waals surface area (Å²) in [5.74, 6) is 0.397. The number of carbonyl (C=O) groups is 1. The summed E-state index contributed by atoms with van der Waals surface area (Å²) in [6.45, 7) is 0. The van der Waals surface area contributed by atoms with Crippen LogP contribution in [0.4, 0.5) is 18.9 Å². The molecule has 0 unspecified atom stereocenters. The molecule has 0 bridgehead atoms. The number of rotatable bonds is 5. The Bertz CT molecular complexity index is 986. The van der Waals surface area contributed by atoms with Gasteiger partial charge in [-0.1, -0.05) is 23.2 Å². The number of nitrogens with zero attached hydrogens (tertiary/aromatic N) is 1. The highest BCUT2D eigenvalue weighted by molar-refractivity contribution is 6.31. The van der Waals surface area contributed by atoms with Gasteiger partial charge in [0.2, 0.25) is 5.91 Å². The van der Waals surface area contributed by atoms with Crippen molar-refractivity contribution < 1.29 is 22.4 Å². The summed E-state index contributed by atoms with van der Waals surface area (Å²) in [5.41, 5.74) is -0.211. The number of aromatic nitrogens is 1. The van der Waals surface area contributed by atoms with Crippen molar-refractivity contribution in [3.63, 3.8) is 0 Å². The van der Waals surface area contributed by atoms with Gasteiger partial charge >= 0.3 is 6.18 Å². The zero-order chi connectivity index (χ0) is 20.3. The molecular formula is C19H13Cl2F3N2O2. The first-order valence-electron chi connectivity index (χ1n) is 8.09. The zero-order valence-corrected chi connectivity index (χ0v) is 15.7. The fourth-order valence-electron chi connectivity index (χ4n) is 2.44. The van der Waals surface area contributed by atoms with Crippen LogP contribution in [0.1, 0.15) is 17.9 Å². The molecule has 1 heterocycles. The Kier molecular flexibility index (Phi) is 5.96. The molecule has 3 rings (SSSR count). The van der Waals surface area contributed by atoms with Crippen LogP contribution in [0.25, 0.3) is 11.3 Å². The molecule has 0 fully saturated rings. The Hall–Kier alpha value is -2.51. The van der Waals surface area contributed by atoms with Crippen molar-refractivity contribution >= 4 is 34.8 Å². The minimum Gasteiger partial charge on any atom is -0.441 e. The number of halogens is 5. The summed E-state index contributed by atoms with van der Waals surface area (Å²) in [6, 6.07) is 10.2. The van der Waals surface area contributed by atoms with Crippen LogP contribution in [0.5, 0.6) is 0 Å². The standard InChI is InChI=1S/C19H13Cl2F3N2O2/c20-12-3-1-11(2-4-12)16-10-25-18(28-16)8-7-17(27)26-13-5-6-15(21)14(9-13)19(22,23)24/h1-6,9-10H,7-8H2,(H,26,27). The Morgan fingerprint density at radius 3 is 2.50 bits per heavy atom. The smallest absolute Gasteiger partial charge is 0.417 e. The normalized spacial score (nSPS) is 11.5. The van der Waals surface area contributed by atoms with E-state index in [0.29, 0.717) is 16.7 Å². The highest BCUT2D eigenvalue weighted by Gasteiger charge is 2.33. The third-order valence-electron chi connectivity index (χ3n) is 3.80. The maximum absolute atomic E-state index is 12.9. The van der Waals surface area contributed by atoms with Crippen molar-refractivity contribution in [1.29, 1.82) is 0 Å². The van der Waals surface area contributed by atoms with Gasteiger partial charge in [0, 0.05) is 29.1 Å². The summed E-state index contributed by atoms with van der Waals surface area (Å²) in [6.07, 6.45) is -2.89. The van der Waals surface area contributed by atoms with E-state index in [1.807, 2.05) is 0 Å². The van der Waals surface area contributed by atoms with Crippen molar-refractivity contribution in [3.8, 4) is 11.3 Å². The summed E-state index contributed by atoms with van der Waals surface area (Å²) in [4.78, 5) is 16.1. The third kappa shape index (κ3) is 5.05. The van der Waals surface area contributed by atoms with Crippen LogP contribution >= 0.6 is 23.2 Å². The molecule has 0 saturated carbocycles. The van der Waals surface area contributed by atoms with E-state index in [9.17, 15) is 18.0 Å². The van der Waals surface area contributed by atoms with E-state index in [2.05, 4.69) is 10.3 Å². The molecule has 0 saturated heterocycles. The van der Waals surface area contributed by atoms with Gasteiger partial charge < -0.3 is 9.73 Å². The lowest BCUT2D eigenvalue weighted by Crippen LogP contribution is -2.14. The maximum Gasteiger partial charge on any atom is 0.417 e. The molecule has 0 spiro atoms. The minimum absolute atomic E-state index is 0.00938. The topological polar surface area (TPSA) is 55.1 Å². The highest BCUT2D eigenvalue weighted by Crippen LogP contribution is 2.36. The molecule has 1 N–H and O–H groups in total. The second-order valence-corrected chi connectivity index (χ2v) is 6.71. The van der Waals surface area contributed by atoms with Crippen molar-refractivity contribution in [2.24, 2.45) is 0 Å². The van der Waals surface area contributed by atoms with Crippen molar-refractivity contribution in [1.82, 2.24) is 4.98 Å². The number of carbonyl (C=O) groups excluding carboxylic acids is 1. The SMILES string of the molecule is O=C(CCc1ncc(-c2ccc(Cl)cc2)o1)Nc1ccc(Cl)c(C(F)(F)F)c1. The summed E-state index contributed by atoms with van der Waals surface area (Å²) in [5, 5.41) is 2.58. The van der Waals surface area contributed by atoms with E-state index in [4.69, 9.17) is 27.6 Å². The summed E-state index contributed by atoms with van der Waals surface area (Å²) >= 11 is 11.4. The number of hydrogen-bond acceptors (Lipinski definition) is 3. The van der Waals surface area contributed by atoms with Crippen LogP contribution in [0, 0.1) is 0 Å². The molecule has 4 nitrogen and oxygen atoms in total. The first-order valence-corrected chi connectivity index (χ1v) is 8.85. The maximum atomic E-state index is 12.9. The van der Waals surface area contributed by atoms with E-state index >= 15 is 0 Å². The molecule has 0 aliphatic carbocycles. The van der Waals surface area contributed by atoms with Gasteiger partial charge in [-0.2, -0.15) is 13.2 Å². The fraction of sp³-hybridized carbons (Fsp3) is 0.158. The molecule has 0 aliphatic rings. The van der Waals surface area contributed by atoms with E-state index in [0.717, 1.165) is 17.7 Å². The summed E-state index contributed by atoms with van der Waals surface area (Å²) < 4.78 is 44.2. The molecule has 1 amide bonds. The van der Waals surface area contributed by atoms with Crippen molar-refractivity contribution in [2.75, 3.05) is 5.32 Å². The van der Waals surface area contributed by atoms with Gasteiger partial charge in [-0.25, -0.2) is 4.98 Å². The Morgan fingerprint density at radius 1 is 1.11 bits per heavy atom. The minimum atomic E-state index is -4.60. The van der Waals surface area contributed by atoms with Gasteiger partial charge in [0.25, 0.3) is 0 Å². The van der Waals surface area contributed by atoms with Gasteiger partial charge in [0.1, 0.15) is 0 Å². The van der Waals surface area contributed by atoms with Gasteiger partial charge in [0.05, 0.1) is 16.8 Å². The number of benzene rings is 2. The quantitative estimate of drug-likeness (QED) is 0.523. The average Bonchev–Trinajstić information content (AvgIpc) is 3.10. The van der Waals surface area contributed by atoms with E-state index < -0.39 is 22.7 Å². The average molecular weight is 429 g/mol. The van der Waals surface area contributed by atoms with Crippen LogP contribution in [-0.2, 0) is 17.4 Å².